The van der Waals surface area contributed by atoms with Crippen molar-refractivity contribution in [2.24, 2.45) is 5.41 Å². The van der Waals surface area contributed by atoms with E-state index >= 15 is 0 Å². The Morgan fingerprint density at radius 1 is 1.44 bits per heavy atom. The standard InChI is InChI=1S/C19H30N4O2/c1-2-25-17-12-16(19(17)8-3-4-9-19)21-18(24)15-7-11-23(22-15)14-6-5-10-20-13-14/h7,11,14,16-17,20H,2-6,8-10,12-13H2,1H3,(H,21,24). The van der Waals surface area contributed by atoms with E-state index in [-0.39, 0.29) is 17.4 Å². The zero-order chi connectivity index (χ0) is 17.3. The van der Waals surface area contributed by atoms with Gasteiger partial charge in [0.1, 0.15) is 5.69 Å². The lowest BCUT2D eigenvalue weighted by Crippen LogP contribution is -2.63. The topological polar surface area (TPSA) is 68.2 Å². The highest BCUT2D eigenvalue weighted by Crippen LogP contribution is 2.54. The second-order valence-electron chi connectivity index (χ2n) is 7.83. The van der Waals surface area contributed by atoms with E-state index in [1.54, 1.807) is 0 Å². The summed E-state index contributed by atoms with van der Waals surface area (Å²) < 4.78 is 7.89. The molecule has 4 rings (SSSR count). The zero-order valence-corrected chi connectivity index (χ0v) is 15.2. The molecule has 0 aromatic carbocycles. The van der Waals surface area contributed by atoms with Crippen molar-refractivity contribution in [1.82, 2.24) is 20.4 Å². The summed E-state index contributed by atoms with van der Waals surface area (Å²) in [4.78, 5) is 12.7. The van der Waals surface area contributed by atoms with Crippen LogP contribution in [0.15, 0.2) is 12.3 Å². The fourth-order valence-corrected chi connectivity index (χ4v) is 5.04. The predicted molar refractivity (Wildman–Crippen MR) is 95.6 cm³/mol. The van der Waals surface area contributed by atoms with Crippen LogP contribution in [-0.4, -0.2) is 47.5 Å². The van der Waals surface area contributed by atoms with Crippen molar-refractivity contribution in [2.75, 3.05) is 19.7 Å². The van der Waals surface area contributed by atoms with Crippen LogP contribution in [0.5, 0.6) is 0 Å². The fraction of sp³-hybridized carbons (Fsp3) is 0.789. The first-order valence-electron chi connectivity index (χ1n) is 9.91. The first-order chi connectivity index (χ1) is 12.2. The Morgan fingerprint density at radius 3 is 3.00 bits per heavy atom. The molecule has 2 aliphatic carbocycles. The maximum absolute atomic E-state index is 12.7. The Hall–Kier alpha value is -1.40. The average Bonchev–Trinajstić information content (AvgIpc) is 3.32. The fourth-order valence-electron chi connectivity index (χ4n) is 5.04. The van der Waals surface area contributed by atoms with E-state index in [0.29, 0.717) is 17.8 Å². The quantitative estimate of drug-likeness (QED) is 0.858. The summed E-state index contributed by atoms with van der Waals surface area (Å²) in [5.41, 5.74) is 0.709. The van der Waals surface area contributed by atoms with Gasteiger partial charge >= 0.3 is 0 Å². The lowest BCUT2D eigenvalue weighted by Gasteiger charge is -2.54. The van der Waals surface area contributed by atoms with E-state index in [4.69, 9.17) is 4.74 Å². The number of hydrogen-bond acceptors (Lipinski definition) is 4. The molecule has 2 heterocycles. The molecule has 1 aliphatic heterocycles. The monoisotopic (exact) mass is 346 g/mol. The maximum atomic E-state index is 12.7. The van der Waals surface area contributed by atoms with Crippen LogP contribution in [0.4, 0.5) is 0 Å². The van der Waals surface area contributed by atoms with Gasteiger partial charge < -0.3 is 15.4 Å². The molecule has 3 unspecified atom stereocenters. The molecule has 1 aromatic heterocycles. The molecule has 0 radical (unpaired) electrons. The van der Waals surface area contributed by atoms with Gasteiger partial charge in [0.05, 0.1) is 12.1 Å². The summed E-state index contributed by atoms with van der Waals surface area (Å²) in [6.45, 7) is 4.83. The average molecular weight is 346 g/mol. The molecule has 138 valence electrons. The molecule has 1 spiro atoms. The van der Waals surface area contributed by atoms with Crippen LogP contribution in [0.3, 0.4) is 0 Å². The number of hydrogen-bond donors (Lipinski definition) is 2. The summed E-state index contributed by atoms with van der Waals surface area (Å²) in [6.07, 6.45) is 10.3. The SMILES string of the molecule is CCOC1CC(NC(=O)c2ccn(C3CCCNC3)n2)C12CCCC2. The molecular weight excluding hydrogens is 316 g/mol. The van der Waals surface area contributed by atoms with Crippen molar-refractivity contribution >= 4 is 5.91 Å². The Labute approximate surface area is 149 Å². The Bertz CT molecular complexity index is 602. The molecule has 6 nitrogen and oxygen atoms in total. The van der Waals surface area contributed by atoms with E-state index in [0.717, 1.165) is 39.0 Å². The van der Waals surface area contributed by atoms with Crippen molar-refractivity contribution < 1.29 is 9.53 Å². The molecule has 3 atom stereocenters. The highest BCUT2D eigenvalue weighted by Gasteiger charge is 2.57. The van der Waals surface area contributed by atoms with Crippen molar-refractivity contribution in [3.63, 3.8) is 0 Å². The first-order valence-corrected chi connectivity index (χ1v) is 9.91. The number of amides is 1. The van der Waals surface area contributed by atoms with Gasteiger partial charge in [0.2, 0.25) is 0 Å². The molecule has 25 heavy (non-hydrogen) atoms. The maximum Gasteiger partial charge on any atom is 0.272 e. The number of aromatic nitrogens is 2. The molecule has 1 aromatic rings. The highest BCUT2D eigenvalue weighted by atomic mass is 16.5. The lowest BCUT2D eigenvalue weighted by molar-refractivity contribution is -0.127. The summed E-state index contributed by atoms with van der Waals surface area (Å²) in [5.74, 6) is -0.0336. The summed E-state index contributed by atoms with van der Waals surface area (Å²) >= 11 is 0. The molecule has 1 saturated heterocycles. The smallest absolute Gasteiger partial charge is 0.272 e. The number of carbonyl (C=O) groups excluding carboxylic acids is 1. The second-order valence-corrected chi connectivity index (χ2v) is 7.83. The first kappa shape index (κ1) is 17.0. The van der Waals surface area contributed by atoms with E-state index in [1.165, 1.54) is 25.7 Å². The van der Waals surface area contributed by atoms with Crippen molar-refractivity contribution in [3.8, 4) is 0 Å². The largest absolute Gasteiger partial charge is 0.378 e. The van der Waals surface area contributed by atoms with Crippen LogP contribution in [-0.2, 0) is 4.74 Å². The number of nitrogens with one attached hydrogen (secondary N) is 2. The van der Waals surface area contributed by atoms with Crippen LogP contribution in [0.2, 0.25) is 0 Å². The van der Waals surface area contributed by atoms with Gasteiger partial charge in [0, 0.05) is 30.8 Å². The van der Waals surface area contributed by atoms with E-state index < -0.39 is 0 Å². The highest BCUT2D eigenvalue weighted by molar-refractivity contribution is 5.92. The van der Waals surface area contributed by atoms with Gasteiger partial charge in [-0.05, 0) is 51.6 Å². The van der Waals surface area contributed by atoms with Gasteiger partial charge in [-0.3, -0.25) is 9.48 Å². The molecular formula is C19H30N4O2. The molecule has 6 heteroatoms. The van der Waals surface area contributed by atoms with Gasteiger partial charge in [-0.2, -0.15) is 5.10 Å². The minimum Gasteiger partial charge on any atom is -0.378 e. The molecule has 2 saturated carbocycles. The molecule has 2 N–H and O–H groups in total. The third kappa shape index (κ3) is 3.10. The normalized spacial score (nSPS) is 31.0. The van der Waals surface area contributed by atoms with Crippen LogP contribution in [0, 0.1) is 5.41 Å². The van der Waals surface area contributed by atoms with E-state index in [2.05, 4.69) is 22.7 Å². The van der Waals surface area contributed by atoms with Gasteiger partial charge in [-0.25, -0.2) is 0 Å². The molecule has 0 bridgehead atoms. The van der Waals surface area contributed by atoms with Crippen molar-refractivity contribution in [1.29, 1.82) is 0 Å². The summed E-state index contributed by atoms with van der Waals surface area (Å²) in [6, 6.07) is 2.45. The molecule has 3 aliphatic rings. The number of carbonyl (C=O) groups is 1. The second kappa shape index (κ2) is 7.08. The number of ether oxygens (including phenoxy) is 1. The minimum atomic E-state index is -0.0336. The van der Waals surface area contributed by atoms with Crippen LogP contribution < -0.4 is 10.6 Å². The van der Waals surface area contributed by atoms with Gasteiger partial charge in [-0.1, -0.05) is 12.8 Å². The van der Waals surface area contributed by atoms with Gasteiger partial charge in [-0.15, -0.1) is 0 Å². The molecule has 3 fully saturated rings. The number of piperidine rings is 1. The molecule has 1 amide bonds. The number of rotatable bonds is 5. The van der Waals surface area contributed by atoms with Gasteiger partial charge in [0.15, 0.2) is 0 Å². The Kier molecular flexibility index (Phi) is 4.82. The summed E-state index contributed by atoms with van der Waals surface area (Å²) in [7, 11) is 0. The Balaban J connectivity index is 1.39. The number of nitrogens with zero attached hydrogens (tertiary/aromatic N) is 2. The van der Waals surface area contributed by atoms with Crippen LogP contribution in [0.1, 0.15) is 68.4 Å². The van der Waals surface area contributed by atoms with E-state index in [1.807, 2.05) is 16.9 Å². The predicted octanol–water partition coefficient (Wildman–Crippen LogP) is 2.28. The summed E-state index contributed by atoms with van der Waals surface area (Å²) in [5, 5.41) is 11.2. The minimum absolute atomic E-state index is 0.0336. The van der Waals surface area contributed by atoms with Crippen molar-refractivity contribution in [3.05, 3.63) is 18.0 Å². The Morgan fingerprint density at radius 2 is 2.28 bits per heavy atom. The lowest BCUT2D eigenvalue weighted by atomic mass is 9.60. The van der Waals surface area contributed by atoms with Crippen LogP contribution in [0.25, 0.3) is 0 Å². The van der Waals surface area contributed by atoms with Crippen LogP contribution >= 0.6 is 0 Å². The third-order valence-electron chi connectivity index (χ3n) is 6.48. The van der Waals surface area contributed by atoms with Crippen molar-refractivity contribution in [2.45, 2.75) is 70.1 Å². The third-order valence-corrected chi connectivity index (χ3v) is 6.48. The van der Waals surface area contributed by atoms with E-state index in [9.17, 15) is 4.79 Å². The zero-order valence-electron chi connectivity index (χ0n) is 15.2. The van der Waals surface area contributed by atoms with Gasteiger partial charge in [0.25, 0.3) is 5.91 Å².